The molecule has 2 amide bonds. The van der Waals surface area contributed by atoms with Gasteiger partial charge < -0.3 is 14.2 Å². The van der Waals surface area contributed by atoms with Crippen molar-refractivity contribution in [1.82, 2.24) is 9.80 Å². The Labute approximate surface area is 116 Å². The van der Waals surface area contributed by atoms with Crippen molar-refractivity contribution >= 4 is 17.7 Å². The first-order valence-corrected chi connectivity index (χ1v) is 6.10. The van der Waals surface area contributed by atoms with E-state index in [0.29, 0.717) is 13.0 Å². The van der Waals surface area contributed by atoms with Gasteiger partial charge in [0.25, 0.3) is 5.91 Å². The average molecular weight is 283 g/mol. The van der Waals surface area contributed by atoms with Gasteiger partial charge in [-0.2, -0.15) is 0 Å². The minimum absolute atomic E-state index is 0.0891. The van der Waals surface area contributed by atoms with Gasteiger partial charge in [0.1, 0.15) is 11.5 Å². The molecule has 0 aliphatic carbocycles. The molecule has 0 spiro atoms. The predicted molar refractivity (Wildman–Crippen MR) is 70.3 cm³/mol. The number of likely N-dealkylation sites (N-methyl/N-ethyl adjacent to an activating group) is 1. The predicted octanol–water partition coefficient (Wildman–Crippen LogP) is 1.13. The van der Waals surface area contributed by atoms with Gasteiger partial charge in [0.15, 0.2) is 5.76 Å². The normalized spacial score (nSPS) is 10.2. The van der Waals surface area contributed by atoms with Crippen LogP contribution in [0.2, 0.25) is 0 Å². The highest BCUT2D eigenvalue weighted by molar-refractivity contribution is 5.94. The van der Waals surface area contributed by atoms with E-state index in [2.05, 4.69) is 0 Å². The molecule has 0 unspecified atom stereocenters. The van der Waals surface area contributed by atoms with Gasteiger partial charge in [-0.3, -0.25) is 19.7 Å². The van der Waals surface area contributed by atoms with Crippen LogP contribution < -0.4 is 0 Å². The molecular weight excluding hydrogens is 266 g/mol. The molecule has 0 N–H and O–H groups in total. The zero-order valence-electron chi connectivity index (χ0n) is 11.7. The van der Waals surface area contributed by atoms with E-state index in [4.69, 9.17) is 4.42 Å². The molecule has 0 saturated heterocycles. The van der Waals surface area contributed by atoms with E-state index in [0.717, 1.165) is 6.07 Å². The van der Waals surface area contributed by atoms with Crippen molar-refractivity contribution < 1.29 is 18.9 Å². The van der Waals surface area contributed by atoms with Gasteiger partial charge >= 0.3 is 5.88 Å². The Balaban J connectivity index is 2.87. The van der Waals surface area contributed by atoms with E-state index in [1.54, 1.807) is 14.1 Å². The molecular formula is C12H17N3O5. The monoisotopic (exact) mass is 283 g/mol. The Hall–Kier alpha value is -2.38. The molecule has 1 heterocycles. The highest BCUT2D eigenvalue weighted by Crippen LogP contribution is 2.17. The van der Waals surface area contributed by atoms with Crippen molar-refractivity contribution in [3.05, 3.63) is 28.0 Å². The molecule has 0 aromatic carbocycles. The highest BCUT2D eigenvalue weighted by atomic mass is 16.6. The largest absolute Gasteiger partial charge is 0.433 e. The lowest BCUT2D eigenvalue weighted by Gasteiger charge is -2.22. The van der Waals surface area contributed by atoms with Crippen LogP contribution in [-0.2, 0) is 4.79 Å². The third-order valence-electron chi connectivity index (χ3n) is 2.59. The lowest BCUT2D eigenvalue weighted by Crippen LogP contribution is -2.40. The van der Waals surface area contributed by atoms with Gasteiger partial charge in [0, 0.05) is 20.6 Å². The summed E-state index contributed by atoms with van der Waals surface area (Å²) in [5, 5.41) is 10.5. The molecule has 1 rings (SSSR count). The Bertz CT molecular complexity index is 509. The molecule has 20 heavy (non-hydrogen) atoms. The van der Waals surface area contributed by atoms with Crippen LogP contribution >= 0.6 is 0 Å². The second-order valence-electron chi connectivity index (χ2n) is 4.41. The Morgan fingerprint density at radius 1 is 1.35 bits per heavy atom. The quantitative estimate of drug-likeness (QED) is 0.576. The van der Waals surface area contributed by atoms with Crippen LogP contribution in [0.3, 0.4) is 0 Å². The van der Waals surface area contributed by atoms with Crippen molar-refractivity contribution in [2.45, 2.75) is 13.3 Å². The molecule has 0 atom stereocenters. The number of rotatable bonds is 6. The van der Waals surface area contributed by atoms with Crippen molar-refractivity contribution in [2.75, 3.05) is 27.2 Å². The Kier molecular flexibility index (Phi) is 5.24. The summed E-state index contributed by atoms with van der Waals surface area (Å²) in [6.07, 6.45) is 0.662. The first-order valence-electron chi connectivity index (χ1n) is 6.10. The van der Waals surface area contributed by atoms with Crippen molar-refractivity contribution in [3.8, 4) is 0 Å². The van der Waals surface area contributed by atoms with Crippen LogP contribution in [0.1, 0.15) is 23.9 Å². The number of furan rings is 1. The summed E-state index contributed by atoms with van der Waals surface area (Å²) < 4.78 is 4.86. The lowest BCUT2D eigenvalue weighted by molar-refractivity contribution is -0.402. The van der Waals surface area contributed by atoms with Crippen LogP contribution in [0.15, 0.2) is 16.5 Å². The fourth-order valence-corrected chi connectivity index (χ4v) is 1.52. The van der Waals surface area contributed by atoms with Crippen LogP contribution in [-0.4, -0.2) is 53.7 Å². The maximum atomic E-state index is 12.2. The zero-order valence-corrected chi connectivity index (χ0v) is 11.7. The highest BCUT2D eigenvalue weighted by Gasteiger charge is 2.24. The summed E-state index contributed by atoms with van der Waals surface area (Å²) in [7, 11) is 3.18. The van der Waals surface area contributed by atoms with E-state index in [1.807, 2.05) is 6.92 Å². The summed E-state index contributed by atoms with van der Waals surface area (Å²) in [6, 6.07) is 2.36. The Morgan fingerprint density at radius 2 is 2.00 bits per heavy atom. The summed E-state index contributed by atoms with van der Waals surface area (Å²) >= 11 is 0. The lowest BCUT2D eigenvalue weighted by atomic mass is 10.3. The second-order valence-corrected chi connectivity index (χ2v) is 4.41. The summed E-state index contributed by atoms with van der Waals surface area (Å²) in [5.41, 5.74) is 0. The number of nitro groups is 1. The minimum Gasteiger partial charge on any atom is -0.395 e. The summed E-state index contributed by atoms with van der Waals surface area (Å²) in [6.45, 7) is 2.14. The molecule has 0 aliphatic rings. The first kappa shape index (κ1) is 15.7. The van der Waals surface area contributed by atoms with Crippen LogP contribution in [0.5, 0.6) is 0 Å². The second kappa shape index (κ2) is 6.69. The Morgan fingerprint density at radius 3 is 2.45 bits per heavy atom. The minimum atomic E-state index is -0.716. The standard InChI is InChI=1S/C12H17N3O5/c1-4-7-14(8-10(16)13(2)3)12(17)9-5-6-11(20-9)15(18)19/h5-6H,4,7-8H2,1-3H3. The molecule has 110 valence electrons. The molecule has 8 nitrogen and oxygen atoms in total. The van der Waals surface area contributed by atoms with E-state index in [-0.39, 0.29) is 18.2 Å². The van der Waals surface area contributed by atoms with Crippen LogP contribution in [0, 0.1) is 10.1 Å². The number of hydrogen-bond acceptors (Lipinski definition) is 5. The van der Waals surface area contributed by atoms with Crippen LogP contribution in [0.25, 0.3) is 0 Å². The number of carbonyl (C=O) groups is 2. The summed E-state index contributed by atoms with van der Waals surface area (Å²) in [4.78, 5) is 36.3. The maximum Gasteiger partial charge on any atom is 0.433 e. The van der Waals surface area contributed by atoms with Gasteiger partial charge in [0.2, 0.25) is 5.91 Å². The third-order valence-corrected chi connectivity index (χ3v) is 2.59. The van der Waals surface area contributed by atoms with Crippen molar-refractivity contribution in [1.29, 1.82) is 0 Å². The molecule has 0 bridgehead atoms. The van der Waals surface area contributed by atoms with Gasteiger partial charge in [-0.05, 0) is 12.5 Å². The molecule has 0 radical (unpaired) electrons. The van der Waals surface area contributed by atoms with Gasteiger partial charge in [-0.25, -0.2) is 0 Å². The van der Waals surface area contributed by atoms with E-state index in [1.165, 1.54) is 15.9 Å². The number of carbonyl (C=O) groups excluding carboxylic acids is 2. The van der Waals surface area contributed by atoms with E-state index >= 15 is 0 Å². The topological polar surface area (TPSA) is 96.9 Å². The van der Waals surface area contributed by atoms with Gasteiger partial charge in [-0.15, -0.1) is 0 Å². The molecule has 1 aromatic heterocycles. The summed E-state index contributed by atoms with van der Waals surface area (Å²) in [5.74, 6) is -1.40. The van der Waals surface area contributed by atoms with E-state index < -0.39 is 16.7 Å². The molecule has 0 aliphatic heterocycles. The van der Waals surface area contributed by atoms with Crippen molar-refractivity contribution in [3.63, 3.8) is 0 Å². The molecule has 8 heteroatoms. The maximum absolute atomic E-state index is 12.2. The number of nitrogens with zero attached hydrogens (tertiary/aromatic N) is 3. The SMILES string of the molecule is CCCN(CC(=O)N(C)C)C(=O)c1ccc([N+](=O)[O-])o1. The average Bonchev–Trinajstić information content (AvgIpc) is 2.86. The third kappa shape index (κ3) is 3.81. The molecule has 0 saturated carbocycles. The smallest absolute Gasteiger partial charge is 0.395 e. The fourth-order valence-electron chi connectivity index (χ4n) is 1.52. The molecule has 1 aromatic rings. The van der Waals surface area contributed by atoms with Gasteiger partial charge in [-0.1, -0.05) is 6.92 Å². The number of amides is 2. The van der Waals surface area contributed by atoms with Gasteiger partial charge in [0.05, 0.1) is 6.07 Å². The van der Waals surface area contributed by atoms with Crippen molar-refractivity contribution in [2.24, 2.45) is 0 Å². The first-order chi connectivity index (χ1) is 9.36. The van der Waals surface area contributed by atoms with Crippen LogP contribution in [0.4, 0.5) is 5.88 Å². The number of hydrogen-bond donors (Lipinski definition) is 0. The molecule has 0 fully saturated rings. The fraction of sp³-hybridized carbons (Fsp3) is 0.500. The zero-order chi connectivity index (χ0) is 15.3. The van der Waals surface area contributed by atoms with E-state index in [9.17, 15) is 19.7 Å².